The Morgan fingerprint density at radius 1 is 1.17 bits per heavy atom. The SMILES string of the molecule is C/C(Cl)=C(/C(C)(C)C)[Se](C)(Cl)Cl. The van der Waals surface area contributed by atoms with Crippen LogP contribution in [0.3, 0.4) is 0 Å². The molecular formula is C8H15Cl3Se. The second-order valence-corrected chi connectivity index (χ2v) is 15.5. The Balaban J connectivity index is 5.13. The van der Waals surface area contributed by atoms with Crippen LogP contribution in [-0.2, 0) is 0 Å². The summed E-state index contributed by atoms with van der Waals surface area (Å²) in [7, 11) is 12.3. The van der Waals surface area contributed by atoms with Gasteiger partial charge in [-0.2, -0.15) is 0 Å². The van der Waals surface area contributed by atoms with Crippen LogP contribution in [0.1, 0.15) is 27.7 Å². The molecule has 0 aliphatic heterocycles. The molecule has 0 bridgehead atoms. The van der Waals surface area contributed by atoms with Crippen molar-refractivity contribution in [3.8, 4) is 0 Å². The molecule has 0 spiro atoms. The van der Waals surface area contributed by atoms with E-state index >= 15 is 0 Å². The topological polar surface area (TPSA) is 0 Å². The van der Waals surface area contributed by atoms with Gasteiger partial charge < -0.3 is 0 Å². The third-order valence-corrected chi connectivity index (χ3v) is 6.83. The Labute approximate surface area is 90.9 Å². The fraction of sp³-hybridized carbons (Fsp3) is 0.750. The summed E-state index contributed by atoms with van der Waals surface area (Å²) in [5.74, 6) is 1.89. The zero-order valence-corrected chi connectivity index (χ0v) is 12.0. The van der Waals surface area contributed by atoms with Crippen LogP contribution in [0.4, 0.5) is 0 Å². The van der Waals surface area contributed by atoms with E-state index in [1.54, 1.807) is 0 Å². The van der Waals surface area contributed by atoms with Crippen molar-refractivity contribution in [1.82, 2.24) is 0 Å². The van der Waals surface area contributed by atoms with Crippen LogP contribution < -0.4 is 0 Å². The summed E-state index contributed by atoms with van der Waals surface area (Å²) in [5, 5.41) is 0.745. The fourth-order valence-electron chi connectivity index (χ4n) is 1.30. The monoisotopic (exact) mass is 296 g/mol. The summed E-state index contributed by atoms with van der Waals surface area (Å²) in [6.45, 7) is 8.08. The summed E-state index contributed by atoms with van der Waals surface area (Å²) in [6, 6.07) is 0. The molecule has 0 saturated carbocycles. The van der Waals surface area contributed by atoms with Crippen LogP contribution in [0.25, 0.3) is 0 Å². The molecule has 0 heterocycles. The predicted octanol–water partition coefficient (Wildman–Crippen LogP) is 4.63. The molecule has 0 aliphatic carbocycles. The molecule has 74 valence electrons. The van der Waals surface area contributed by atoms with Gasteiger partial charge in [0.1, 0.15) is 0 Å². The number of allylic oxidation sites excluding steroid dienone is 2. The molecule has 0 nitrogen and oxygen atoms in total. The van der Waals surface area contributed by atoms with Crippen molar-refractivity contribution in [2.75, 3.05) is 0 Å². The minimum absolute atomic E-state index is 0.0237. The van der Waals surface area contributed by atoms with Gasteiger partial charge in [0.05, 0.1) is 0 Å². The quantitative estimate of drug-likeness (QED) is 0.619. The number of rotatable bonds is 1. The average molecular weight is 297 g/mol. The molecule has 0 radical (unpaired) electrons. The Hall–Kier alpha value is 1.13. The van der Waals surface area contributed by atoms with E-state index in [9.17, 15) is 0 Å². The minimum atomic E-state index is -2.47. The molecule has 0 N–H and O–H groups in total. The summed E-state index contributed by atoms with van der Waals surface area (Å²) < 4.78 is 1.03. The van der Waals surface area contributed by atoms with Crippen molar-refractivity contribution in [2.45, 2.75) is 33.5 Å². The van der Waals surface area contributed by atoms with Gasteiger partial charge in [-0.3, -0.25) is 0 Å². The van der Waals surface area contributed by atoms with Crippen LogP contribution in [0.2, 0.25) is 5.82 Å². The van der Waals surface area contributed by atoms with Gasteiger partial charge in [0.15, 0.2) is 0 Å². The van der Waals surface area contributed by atoms with Crippen molar-refractivity contribution in [1.29, 1.82) is 0 Å². The van der Waals surface area contributed by atoms with Gasteiger partial charge in [0, 0.05) is 0 Å². The molecule has 0 saturated heterocycles. The first-order chi connectivity index (χ1) is 5.07. The third kappa shape index (κ3) is 3.89. The molecule has 0 aromatic carbocycles. The van der Waals surface area contributed by atoms with Gasteiger partial charge in [0.2, 0.25) is 0 Å². The molecule has 0 amide bonds. The van der Waals surface area contributed by atoms with Crippen molar-refractivity contribution in [3.05, 3.63) is 9.50 Å². The molecule has 4 heteroatoms. The van der Waals surface area contributed by atoms with Crippen LogP contribution in [0.5, 0.6) is 0 Å². The molecule has 0 fully saturated rings. The normalized spacial score (nSPS) is 17.3. The molecule has 0 aromatic rings. The first kappa shape index (κ1) is 13.1. The molecule has 0 aliphatic rings. The molecular weight excluding hydrogens is 281 g/mol. The van der Waals surface area contributed by atoms with E-state index in [0.717, 1.165) is 9.50 Å². The summed E-state index contributed by atoms with van der Waals surface area (Å²) in [6.07, 6.45) is 0. The van der Waals surface area contributed by atoms with Gasteiger partial charge >= 0.3 is 91.3 Å². The second-order valence-electron chi connectivity index (χ2n) is 3.84. The first-order valence-corrected chi connectivity index (χ1v) is 11.1. The Kier molecular flexibility index (Phi) is 4.49. The Morgan fingerprint density at radius 2 is 1.50 bits per heavy atom. The van der Waals surface area contributed by atoms with Gasteiger partial charge in [-0.05, 0) is 0 Å². The third-order valence-electron chi connectivity index (χ3n) is 1.35. The second kappa shape index (κ2) is 4.11. The van der Waals surface area contributed by atoms with E-state index in [-0.39, 0.29) is 5.41 Å². The van der Waals surface area contributed by atoms with E-state index in [1.165, 1.54) is 0 Å². The molecule has 0 atom stereocenters. The van der Waals surface area contributed by atoms with Crippen molar-refractivity contribution < 1.29 is 0 Å². The van der Waals surface area contributed by atoms with Crippen LogP contribution >= 0.6 is 31.8 Å². The van der Waals surface area contributed by atoms with Gasteiger partial charge in [-0.15, -0.1) is 0 Å². The molecule has 0 aromatic heterocycles. The zero-order chi connectivity index (χ0) is 10.2. The maximum atomic E-state index is 6.16. The van der Waals surface area contributed by atoms with Gasteiger partial charge in [0.25, 0.3) is 0 Å². The van der Waals surface area contributed by atoms with E-state index in [2.05, 4.69) is 20.8 Å². The van der Waals surface area contributed by atoms with E-state index < -0.39 is 11.0 Å². The number of halogens is 3. The van der Waals surface area contributed by atoms with Gasteiger partial charge in [-0.25, -0.2) is 0 Å². The summed E-state index contributed by atoms with van der Waals surface area (Å²) >= 11 is 3.49. The molecule has 0 unspecified atom stereocenters. The number of hydrogen-bond donors (Lipinski definition) is 0. The number of hydrogen-bond acceptors (Lipinski definition) is 0. The van der Waals surface area contributed by atoms with Crippen molar-refractivity contribution in [3.63, 3.8) is 0 Å². The summed E-state index contributed by atoms with van der Waals surface area (Å²) in [4.78, 5) is 0. The van der Waals surface area contributed by atoms with E-state index in [4.69, 9.17) is 31.8 Å². The van der Waals surface area contributed by atoms with Gasteiger partial charge in [-0.1, -0.05) is 0 Å². The zero-order valence-electron chi connectivity index (χ0n) is 8.04. The van der Waals surface area contributed by atoms with Crippen molar-refractivity contribution in [2.24, 2.45) is 5.41 Å². The Bertz CT molecular complexity index is 175. The first-order valence-electron chi connectivity index (χ1n) is 3.61. The Morgan fingerprint density at radius 3 is 1.50 bits per heavy atom. The van der Waals surface area contributed by atoms with Crippen LogP contribution in [0, 0.1) is 5.41 Å². The van der Waals surface area contributed by atoms with Crippen molar-refractivity contribution >= 4 is 42.8 Å². The molecule has 12 heavy (non-hydrogen) atoms. The predicted molar refractivity (Wildman–Crippen MR) is 61.3 cm³/mol. The standard InChI is InChI=1S/C8H15Cl3Se/c1-6(9)7(8(2,3)4)12(5,10)11/h1-5H3/b7-6+. The molecule has 0 rings (SSSR count). The van der Waals surface area contributed by atoms with E-state index in [0.29, 0.717) is 0 Å². The maximum absolute atomic E-state index is 6.16. The average Bonchev–Trinajstić information content (AvgIpc) is 1.49. The van der Waals surface area contributed by atoms with Crippen LogP contribution in [-0.4, -0.2) is 11.0 Å². The van der Waals surface area contributed by atoms with Crippen LogP contribution in [0.15, 0.2) is 9.50 Å². The summed E-state index contributed by atoms with van der Waals surface area (Å²) in [5.41, 5.74) is -0.0237. The fourth-order valence-corrected chi connectivity index (χ4v) is 9.70. The van der Waals surface area contributed by atoms with E-state index in [1.807, 2.05) is 12.7 Å².